The summed E-state index contributed by atoms with van der Waals surface area (Å²) in [5, 5.41) is 3.32. The minimum atomic E-state index is 0.254. The zero-order chi connectivity index (χ0) is 12.5. The zero-order valence-electron chi connectivity index (χ0n) is 11.2. The van der Waals surface area contributed by atoms with E-state index in [9.17, 15) is 0 Å². The molecule has 0 saturated carbocycles. The molecule has 0 bridgehead atoms. The van der Waals surface area contributed by atoms with Crippen LogP contribution in [0.15, 0.2) is 22.8 Å². The molecule has 3 nitrogen and oxygen atoms in total. The molecular weight excluding hydrogens is 214 g/mol. The second-order valence-electron chi connectivity index (χ2n) is 4.75. The standard InChI is InChI=1S/C14H25NO2/c1-4-6-12(2)11-17-13(3)9-15-10-14-7-5-8-16-14/h5,7-8,12-13,15H,4,6,9-11H2,1-3H3. The first kappa shape index (κ1) is 14.3. The van der Waals surface area contributed by atoms with Gasteiger partial charge in [0.1, 0.15) is 5.76 Å². The minimum Gasteiger partial charge on any atom is -0.468 e. The Balaban J connectivity index is 2.03. The number of rotatable bonds is 9. The lowest BCUT2D eigenvalue weighted by molar-refractivity contribution is 0.0418. The van der Waals surface area contributed by atoms with Crippen molar-refractivity contribution in [3.05, 3.63) is 24.2 Å². The third kappa shape index (κ3) is 6.49. The van der Waals surface area contributed by atoms with E-state index in [1.807, 2.05) is 12.1 Å². The molecule has 0 saturated heterocycles. The molecule has 2 atom stereocenters. The maximum Gasteiger partial charge on any atom is 0.117 e. The fraction of sp³-hybridized carbons (Fsp3) is 0.714. The van der Waals surface area contributed by atoms with Crippen molar-refractivity contribution in [1.29, 1.82) is 0 Å². The Labute approximate surface area is 105 Å². The molecule has 0 fully saturated rings. The van der Waals surface area contributed by atoms with Gasteiger partial charge in [0.2, 0.25) is 0 Å². The second kappa shape index (κ2) is 8.31. The van der Waals surface area contributed by atoms with E-state index in [2.05, 4.69) is 26.1 Å². The molecule has 0 aliphatic heterocycles. The molecule has 1 heterocycles. The molecule has 1 N–H and O–H groups in total. The van der Waals surface area contributed by atoms with Gasteiger partial charge in [0, 0.05) is 13.2 Å². The quantitative estimate of drug-likeness (QED) is 0.718. The number of furan rings is 1. The topological polar surface area (TPSA) is 34.4 Å². The highest BCUT2D eigenvalue weighted by Crippen LogP contribution is 2.06. The Hall–Kier alpha value is -0.800. The minimum absolute atomic E-state index is 0.254. The number of hydrogen-bond acceptors (Lipinski definition) is 3. The zero-order valence-corrected chi connectivity index (χ0v) is 11.2. The molecule has 0 aromatic carbocycles. The van der Waals surface area contributed by atoms with E-state index in [1.54, 1.807) is 6.26 Å². The molecule has 98 valence electrons. The summed E-state index contributed by atoms with van der Waals surface area (Å²) in [6.45, 7) is 9.05. The van der Waals surface area contributed by atoms with E-state index in [1.165, 1.54) is 12.8 Å². The molecule has 0 spiro atoms. The predicted octanol–water partition coefficient (Wildman–Crippen LogP) is 3.21. The highest BCUT2D eigenvalue weighted by atomic mass is 16.5. The van der Waals surface area contributed by atoms with Crippen molar-refractivity contribution in [3.8, 4) is 0 Å². The summed E-state index contributed by atoms with van der Waals surface area (Å²) >= 11 is 0. The maximum absolute atomic E-state index is 5.78. The van der Waals surface area contributed by atoms with Crippen LogP contribution in [-0.2, 0) is 11.3 Å². The second-order valence-corrected chi connectivity index (χ2v) is 4.75. The van der Waals surface area contributed by atoms with Gasteiger partial charge in [-0.3, -0.25) is 0 Å². The Kier molecular flexibility index (Phi) is 6.97. The average Bonchev–Trinajstić information content (AvgIpc) is 2.80. The number of hydrogen-bond donors (Lipinski definition) is 1. The van der Waals surface area contributed by atoms with Crippen molar-refractivity contribution in [1.82, 2.24) is 5.32 Å². The first-order valence-electron chi connectivity index (χ1n) is 6.57. The van der Waals surface area contributed by atoms with Gasteiger partial charge in [-0.05, 0) is 31.4 Å². The molecule has 1 aromatic rings. The van der Waals surface area contributed by atoms with Gasteiger partial charge in [0.15, 0.2) is 0 Å². The van der Waals surface area contributed by atoms with Crippen LogP contribution in [0.1, 0.15) is 39.4 Å². The van der Waals surface area contributed by atoms with E-state index >= 15 is 0 Å². The lowest BCUT2D eigenvalue weighted by Gasteiger charge is -2.17. The van der Waals surface area contributed by atoms with Crippen LogP contribution in [0.3, 0.4) is 0 Å². The van der Waals surface area contributed by atoms with E-state index in [0.29, 0.717) is 5.92 Å². The van der Waals surface area contributed by atoms with Crippen LogP contribution in [0.25, 0.3) is 0 Å². The molecule has 1 rings (SSSR count). The van der Waals surface area contributed by atoms with Gasteiger partial charge in [-0.25, -0.2) is 0 Å². The predicted molar refractivity (Wildman–Crippen MR) is 69.9 cm³/mol. The fourth-order valence-corrected chi connectivity index (χ4v) is 1.78. The summed E-state index contributed by atoms with van der Waals surface area (Å²) in [6, 6.07) is 3.88. The number of nitrogens with one attached hydrogen (secondary N) is 1. The molecule has 2 unspecified atom stereocenters. The van der Waals surface area contributed by atoms with Crippen LogP contribution in [0.5, 0.6) is 0 Å². The van der Waals surface area contributed by atoms with Gasteiger partial charge in [-0.15, -0.1) is 0 Å². The van der Waals surface area contributed by atoms with Crippen LogP contribution < -0.4 is 5.32 Å². The molecule has 0 amide bonds. The van der Waals surface area contributed by atoms with Gasteiger partial charge >= 0.3 is 0 Å². The Bertz CT molecular complexity index is 272. The van der Waals surface area contributed by atoms with Crippen LogP contribution in [-0.4, -0.2) is 19.3 Å². The molecule has 17 heavy (non-hydrogen) atoms. The van der Waals surface area contributed by atoms with Crippen LogP contribution in [0, 0.1) is 5.92 Å². The summed E-state index contributed by atoms with van der Waals surface area (Å²) in [4.78, 5) is 0. The molecule has 0 radical (unpaired) electrons. The van der Waals surface area contributed by atoms with Crippen LogP contribution in [0.4, 0.5) is 0 Å². The average molecular weight is 239 g/mol. The van der Waals surface area contributed by atoms with Crippen molar-refractivity contribution in [2.24, 2.45) is 5.92 Å². The lowest BCUT2D eigenvalue weighted by atomic mass is 10.1. The Morgan fingerprint density at radius 3 is 2.88 bits per heavy atom. The van der Waals surface area contributed by atoms with Gasteiger partial charge in [0.05, 0.1) is 18.9 Å². The van der Waals surface area contributed by atoms with Crippen molar-refractivity contribution >= 4 is 0 Å². The first-order valence-corrected chi connectivity index (χ1v) is 6.57. The van der Waals surface area contributed by atoms with Crippen molar-refractivity contribution < 1.29 is 9.15 Å². The monoisotopic (exact) mass is 239 g/mol. The first-order chi connectivity index (χ1) is 8.22. The van der Waals surface area contributed by atoms with E-state index < -0.39 is 0 Å². The summed E-state index contributed by atoms with van der Waals surface area (Å²) in [5.41, 5.74) is 0. The molecule has 0 aliphatic carbocycles. The van der Waals surface area contributed by atoms with E-state index in [4.69, 9.17) is 9.15 Å². The largest absolute Gasteiger partial charge is 0.468 e. The van der Waals surface area contributed by atoms with Crippen molar-refractivity contribution in [2.75, 3.05) is 13.2 Å². The molecule has 3 heteroatoms. The molecular formula is C14H25NO2. The third-order valence-corrected chi connectivity index (χ3v) is 2.76. The highest BCUT2D eigenvalue weighted by molar-refractivity contribution is 4.97. The van der Waals surface area contributed by atoms with Gasteiger partial charge < -0.3 is 14.5 Å². The Morgan fingerprint density at radius 1 is 1.41 bits per heavy atom. The smallest absolute Gasteiger partial charge is 0.117 e. The maximum atomic E-state index is 5.78. The van der Waals surface area contributed by atoms with Gasteiger partial charge in [-0.1, -0.05) is 20.3 Å². The van der Waals surface area contributed by atoms with E-state index in [0.717, 1.165) is 25.5 Å². The van der Waals surface area contributed by atoms with E-state index in [-0.39, 0.29) is 6.10 Å². The lowest BCUT2D eigenvalue weighted by Crippen LogP contribution is -2.27. The Morgan fingerprint density at radius 2 is 2.24 bits per heavy atom. The van der Waals surface area contributed by atoms with Gasteiger partial charge in [-0.2, -0.15) is 0 Å². The number of ether oxygens (including phenoxy) is 1. The summed E-state index contributed by atoms with van der Waals surface area (Å²) in [7, 11) is 0. The summed E-state index contributed by atoms with van der Waals surface area (Å²) in [5.74, 6) is 1.63. The third-order valence-electron chi connectivity index (χ3n) is 2.76. The van der Waals surface area contributed by atoms with Crippen LogP contribution >= 0.6 is 0 Å². The van der Waals surface area contributed by atoms with Crippen molar-refractivity contribution in [2.45, 2.75) is 46.3 Å². The SMILES string of the molecule is CCCC(C)COC(C)CNCc1ccco1. The molecule has 1 aromatic heterocycles. The van der Waals surface area contributed by atoms with Crippen molar-refractivity contribution in [3.63, 3.8) is 0 Å². The van der Waals surface area contributed by atoms with Gasteiger partial charge in [0.25, 0.3) is 0 Å². The fourth-order valence-electron chi connectivity index (χ4n) is 1.78. The van der Waals surface area contributed by atoms with Crippen LogP contribution in [0.2, 0.25) is 0 Å². The summed E-state index contributed by atoms with van der Waals surface area (Å²) in [6.07, 6.45) is 4.43. The highest BCUT2D eigenvalue weighted by Gasteiger charge is 2.06. The molecule has 0 aliphatic rings. The summed E-state index contributed by atoms with van der Waals surface area (Å²) < 4.78 is 11.0. The normalized spacial score (nSPS) is 14.8.